The van der Waals surface area contributed by atoms with Gasteiger partial charge in [-0.3, -0.25) is 0 Å². The van der Waals surface area contributed by atoms with Crippen LogP contribution in [0.5, 0.6) is 0 Å². The molecule has 1 aromatic heterocycles. The molecule has 11 heteroatoms. The fourth-order valence-corrected chi connectivity index (χ4v) is 1.83. The van der Waals surface area contributed by atoms with Crippen LogP contribution in [0.2, 0.25) is 0 Å². The van der Waals surface area contributed by atoms with Crippen molar-refractivity contribution in [2.75, 3.05) is 0 Å². The number of halogens is 3. The molecule has 0 spiro atoms. The molecule has 0 aliphatic heterocycles. The summed E-state index contributed by atoms with van der Waals surface area (Å²) >= 11 is 0. The Bertz CT molecular complexity index is 842. The second-order valence-corrected chi connectivity index (χ2v) is 4.46. The zero-order chi connectivity index (χ0) is 18.1. The number of rotatable bonds is 3. The number of carbonyl (C=O) groups is 2. The standard InChI is InChI=1S/C13H9F3N4O4/c14-13(15,16)9-5-8(11(21)22)20(19-9)7-3-1-2-6(4-7)10(17)18-12(23)24/h1-5H,(H2,17,18)(H,21,22)(H,23,24). The van der Waals surface area contributed by atoms with Crippen LogP contribution in [-0.4, -0.2) is 37.9 Å². The summed E-state index contributed by atoms with van der Waals surface area (Å²) in [6.07, 6.45) is -6.38. The molecule has 2 rings (SSSR count). The largest absolute Gasteiger partial charge is 0.477 e. The van der Waals surface area contributed by atoms with Crippen LogP contribution in [0.15, 0.2) is 35.3 Å². The first kappa shape index (κ1) is 17.0. The highest BCUT2D eigenvalue weighted by Crippen LogP contribution is 2.29. The molecule has 1 amide bonds. The molecule has 24 heavy (non-hydrogen) atoms. The number of nitrogens with zero attached hydrogens (tertiary/aromatic N) is 3. The monoisotopic (exact) mass is 342 g/mol. The number of carboxylic acids is 1. The lowest BCUT2D eigenvalue weighted by molar-refractivity contribution is -0.141. The van der Waals surface area contributed by atoms with Crippen molar-refractivity contribution < 1.29 is 33.0 Å². The predicted molar refractivity (Wildman–Crippen MR) is 74.3 cm³/mol. The molecule has 0 aliphatic rings. The number of amides is 1. The third kappa shape index (κ3) is 3.51. The highest BCUT2D eigenvalue weighted by molar-refractivity contribution is 6.02. The molecule has 1 aromatic carbocycles. The average Bonchev–Trinajstić information content (AvgIpc) is 2.92. The van der Waals surface area contributed by atoms with Crippen LogP contribution in [0.3, 0.4) is 0 Å². The average molecular weight is 342 g/mol. The molecular weight excluding hydrogens is 333 g/mol. The maximum atomic E-state index is 12.7. The van der Waals surface area contributed by atoms with Gasteiger partial charge in [-0.2, -0.15) is 23.3 Å². The van der Waals surface area contributed by atoms with Gasteiger partial charge in [-0.25, -0.2) is 14.3 Å². The maximum absolute atomic E-state index is 12.7. The zero-order valence-corrected chi connectivity index (χ0v) is 11.7. The lowest BCUT2D eigenvalue weighted by Crippen LogP contribution is -2.16. The minimum absolute atomic E-state index is 0.0519. The SMILES string of the molecule is NC(=NC(=O)O)c1cccc(-n2nc(C(F)(F)F)cc2C(=O)O)c1. The van der Waals surface area contributed by atoms with Crippen molar-refractivity contribution in [2.24, 2.45) is 10.7 Å². The van der Waals surface area contributed by atoms with Gasteiger partial charge in [0.05, 0.1) is 5.69 Å². The predicted octanol–water partition coefficient (Wildman–Crippen LogP) is 1.97. The first-order chi connectivity index (χ1) is 11.1. The third-order valence-corrected chi connectivity index (χ3v) is 2.82. The second kappa shape index (κ2) is 6.02. The van der Waals surface area contributed by atoms with Crippen molar-refractivity contribution in [1.29, 1.82) is 0 Å². The van der Waals surface area contributed by atoms with E-state index in [0.717, 1.165) is 0 Å². The summed E-state index contributed by atoms with van der Waals surface area (Å²) in [4.78, 5) is 24.7. The maximum Gasteiger partial charge on any atom is 0.435 e. The number of hydrogen-bond donors (Lipinski definition) is 3. The van der Waals surface area contributed by atoms with Crippen LogP contribution in [0, 0.1) is 0 Å². The van der Waals surface area contributed by atoms with Gasteiger partial charge in [-0.1, -0.05) is 12.1 Å². The van der Waals surface area contributed by atoms with E-state index in [0.29, 0.717) is 10.7 Å². The molecule has 0 atom stereocenters. The van der Waals surface area contributed by atoms with Gasteiger partial charge in [0.15, 0.2) is 11.4 Å². The Labute approximate surface area is 131 Å². The summed E-state index contributed by atoms with van der Waals surface area (Å²) in [5.41, 5.74) is 3.39. The summed E-state index contributed by atoms with van der Waals surface area (Å²) in [6.45, 7) is 0. The Hall–Kier alpha value is -3.37. The molecule has 0 saturated carbocycles. The quantitative estimate of drug-likeness (QED) is 0.577. The summed E-state index contributed by atoms with van der Waals surface area (Å²) in [5.74, 6) is -2.01. The summed E-state index contributed by atoms with van der Waals surface area (Å²) in [6, 6.07) is 5.55. The van der Waals surface area contributed by atoms with Crippen LogP contribution in [-0.2, 0) is 6.18 Å². The van der Waals surface area contributed by atoms with E-state index in [2.05, 4.69) is 10.1 Å². The highest BCUT2D eigenvalue weighted by Gasteiger charge is 2.36. The molecule has 4 N–H and O–H groups in total. The minimum atomic E-state index is -4.82. The summed E-state index contributed by atoms with van der Waals surface area (Å²) in [7, 11) is 0. The number of aromatic nitrogens is 2. The lowest BCUT2D eigenvalue weighted by atomic mass is 10.2. The molecule has 0 radical (unpaired) electrons. The van der Waals surface area contributed by atoms with Crippen LogP contribution >= 0.6 is 0 Å². The Balaban J connectivity index is 2.58. The first-order valence-electron chi connectivity index (χ1n) is 6.18. The number of amidine groups is 1. The molecule has 0 aliphatic carbocycles. The van der Waals surface area contributed by atoms with Gasteiger partial charge in [0.25, 0.3) is 0 Å². The number of carboxylic acid groups (broad SMARTS) is 2. The molecule has 1 heterocycles. The molecule has 0 bridgehead atoms. The van der Waals surface area contributed by atoms with E-state index < -0.39 is 35.5 Å². The van der Waals surface area contributed by atoms with Crippen LogP contribution in [0.25, 0.3) is 5.69 Å². The fraction of sp³-hybridized carbons (Fsp3) is 0.0769. The number of aliphatic imine (C=N–C) groups is 1. The Morgan fingerprint density at radius 1 is 1.21 bits per heavy atom. The van der Waals surface area contributed by atoms with Crippen molar-refractivity contribution >= 4 is 17.9 Å². The third-order valence-electron chi connectivity index (χ3n) is 2.82. The molecule has 2 aromatic rings. The van der Waals surface area contributed by atoms with Crippen LogP contribution < -0.4 is 5.73 Å². The number of aromatic carboxylic acids is 1. The topological polar surface area (TPSA) is 131 Å². The molecule has 8 nitrogen and oxygen atoms in total. The number of nitrogens with two attached hydrogens (primary N) is 1. The second-order valence-electron chi connectivity index (χ2n) is 4.46. The van der Waals surface area contributed by atoms with Crippen molar-refractivity contribution in [3.05, 3.63) is 47.3 Å². The van der Waals surface area contributed by atoms with E-state index in [-0.39, 0.29) is 11.3 Å². The van der Waals surface area contributed by atoms with Crippen molar-refractivity contribution in [3.63, 3.8) is 0 Å². The molecule has 0 saturated heterocycles. The number of alkyl halides is 3. The van der Waals surface area contributed by atoms with Gasteiger partial charge in [0, 0.05) is 11.6 Å². The van der Waals surface area contributed by atoms with Crippen molar-refractivity contribution in [3.8, 4) is 5.69 Å². The van der Waals surface area contributed by atoms with Crippen molar-refractivity contribution in [2.45, 2.75) is 6.18 Å². The fourth-order valence-electron chi connectivity index (χ4n) is 1.83. The van der Waals surface area contributed by atoms with E-state index in [9.17, 15) is 22.8 Å². The molecular formula is C13H9F3N4O4. The smallest absolute Gasteiger partial charge is 0.435 e. The van der Waals surface area contributed by atoms with E-state index >= 15 is 0 Å². The van der Waals surface area contributed by atoms with Gasteiger partial charge >= 0.3 is 18.2 Å². The van der Waals surface area contributed by atoms with Gasteiger partial charge < -0.3 is 15.9 Å². The van der Waals surface area contributed by atoms with Crippen LogP contribution in [0.4, 0.5) is 18.0 Å². The zero-order valence-electron chi connectivity index (χ0n) is 11.7. The number of benzene rings is 1. The van der Waals surface area contributed by atoms with Gasteiger partial charge in [-0.15, -0.1) is 0 Å². The Kier molecular flexibility index (Phi) is 4.26. The van der Waals surface area contributed by atoms with E-state index in [4.69, 9.17) is 15.9 Å². The Morgan fingerprint density at radius 3 is 2.42 bits per heavy atom. The lowest BCUT2D eigenvalue weighted by Gasteiger charge is -2.07. The summed E-state index contributed by atoms with van der Waals surface area (Å²) in [5, 5.41) is 20.9. The Morgan fingerprint density at radius 2 is 1.88 bits per heavy atom. The van der Waals surface area contributed by atoms with E-state index in [1.807, 2.05) is 0 Å². The normalized spacial score (nSPS) is 12.2. The minimum Gasteiger partial charge on any atom is -0.477 e. The van der Waals surface area contributed by atoms with Crippen molar-refractivity contribution in [1.82, 2.24) is 9.78 Å². The first-order valence-corrected chi connectivity index (χ1v) is 6.18. The van der Waals surface area contributed by atoms with Gasteiger partial charge in [-0.05, 0) is 12.1 Å². The van der Waals surface area contributed by atoms with Crippen LogP contribution in [0.1, 0.15) is 21.7 Å². The van der Waals surface area contributed by atoms with E-state index in [1.165, 1.54) is 24.3 Å². The number of hydrogen-bond acceptors (Lipinski definition) is 3. The molecule has 126 valence electrons. The summed E-state index contributed by atoms with van der Waals surface area (Å²) < 4.78 is 38.8. The molecule has 0 unspecified atom stereocenters. The molecule has 0 fully saturated rings. The highest BCUT2D eigenvalue weighted by atomic mass is 19.4. The van der Waals surface area contributed by atoms with Gasteiger partial charge in [0.2, 0.25) is 0 Å². The van der Waals surface area contributed by atoms with Gasteiger partial charge in [0.1, 0.15) is 5.84 Å². The van der Waals surface area contributed by atoms with E-state index in [1.54, 1.807) is 0 Å².